The molecule has 0 spiro atoms. The molecule has 6 nitrogen and oxygen atoms in total. The maximum absolute atomic E-state index is 13.0. The van der Waals surface area contributed by atoms with Crippen LogP contribution in [-0.2, 0) is 11.3 Å². The molecule has 164 valence electrons. The number of methoxy groups -OCH3 is 1. The Morgan fingerprint density at radius 1 is 1.23 bits per heavy atom. The van der Waals surface area contributed by atoms with Crippen LogP contribution >= 0.6 is 23.4 Å². The van der Waals surface area contributed by atoms with E-state index in [0.717, 1.165) is 34.2 Å². The second-order valence-electron chi connectivity index (χ2n) is 7.91. The molecule has 2 heterocycles. The van der Waals surface area contributed by atoms with E-state index in [-0.39, 0.29) is 5.78 Å². The van der Waals surface area contributed by atoms with Crippen LogP contribution in [-0.4, -0.2) is 44.6 Å². The number of thioether (sulfide) groups is 1. The zero-order valence-electron chi connectivity index (χ0n) is 18.1. The van der Waals surface area contributed by atoms with E-state index in [1.807, 2.05) is 30.3 Å². The summed E-state index contributed by atoms with van der Waals surface area (Å²) in [7, 11) is 1.69. The van der Waals surface area contributed by atoms with Crippen LogP contribution < -0.4 is 0 Å². The molecule has 3 aromatic rings. The lowest BCUT2D eigenvalue weighted by atomic mass is 10.2. The number of ketones is 1. The fraction of sp³-hybridized carbons (Fsp3) is 0.435. The van der Waals surface area contributed by atoms with Crippen molar-refractivity contribution in [1.29, 1.82) is 0 Å². The second kappa shape index (κ2) is 9.59. The number of aryl methyl sites for hydroxylation is 1. The first-order chi connectivity index (χ1) is 15.0. The lowest BCUT2D eigenvalue weighted by molar-refractivity contribution is 0.102. The summed E-state index contributed by atoms with van der Waals surface area (Å²) in [5.41, 5.74) is 4.01. The number of hydrogen-bond acceptors (Lipinski definition) is 5. The molecular formula is C23H27ClN4O2S. The van der Waals surface area contributed by atoms with Crippen molar-refractivity contribution in [2.45, 2.75) is 50.9 Å². The molecule has 0 N–H and O–H groups in total. The first-order valence-corrected chi connectivity index (χ1v) is 11.9. The summed E-state index contributed by atoms with van der Waals surface area (Å²) in [4.78, 5) is 13.0. The van der Waals surface area contributed by atoms with E-state index in [9.17, 15) is 4.79 Å². The number of rotatable bonds is 10. The summed E-state index contributed by atoms with van der Waals surface area (Å²) >= 11 is 7.47. The van der Waals surface area contributed by atoms with Gasteiger partial charge in [-0.15, -0.1) is 10.2 Å². The van der Waals surface area contributed by atoms with Crippen molar-refractivity contribution < 1.29 is 9.53 Å². The van der Waals surface area contributed by atoms with Gasteiger partial charge in [0.05, 0.1) is 5.75 Å². The molecular weight excluding hydrogens is 432 g/mol. The third kappa shape index (κ3) is 4.89. The van der Waals surface area contributed by atoms with Crippen molar-refractivity contribution in [1.82, 2.24) is 19.3 Å². The van der Waals surface area contributed by atoms with E-state index in [1.54, 1.807) is 7.11 Å². The van der Waals surface area contributed by atoms with Crippen LogP contribution in [0.1, 0.15) is 47.1 Å². The smallest absolute Gasteiger partial charge is 0.191 e. The number of ether oxygens (including phenoxy) is 1. The van der Waals surface area contributed by atoms with Gasteiger partial charge in [0.15, 0.2) is 16.8 Å². The minimum atomic E-state index is 0.129. The molecule has 0 amide bonds. The topological polar surface area (TPSA) is 61.9 Å². The van der Waals surface area contributed by atoms with Crippen molar-refractivity contribution in [3.8, 4) is 11.4 Å². The molecule has 2 aromatic heterocycles. The van der Waals surface area contributed by atoms with Gasteiger partial charge in [-0.3, -0.25) is 4.79 Å². The molecule has 0 atom stereocenters. The minimum Gasteiger partial charge on any atom is -0.385 e. The number of aromatic nitrogens is 4. The number of hydrogen-bond donors (Lipinski definition) is 0. The van der Waals surface area contributed by atoms with E-state index in [1.165, 1.54) is 30.3 Å². The van der Waals surface area contributed by atoms with E-state index in [0.29, 0.717) is 30.0 Å². The van der Waals surface area contributed by atoms with Gasteiger partial charge in [0, 0.05) is 53.8 Å². The van der Waals surface area contributed by atoms with Gasteiger partial charge in [-0.05, 0) is 63.4 Å². The van der Waals surface area contributed by atoms with Crippen LogP contribution in [0.2, 0.25) is 5.02 Å². The molecule has 1 saturated carbocycles. The highest BCUT2D eigenvalue weighted by Crippen LogP contribution is 2.38. The maximum Gasteiger partial charge on any atom is 0.191 e. The lowest BCUT2D eigenvalue weighted by Gasteiger charge is -2.10. The Labute approximate surface area is 192 Å². The molecule has 8 heteroatoms. The van der Waals surface area contributed by atoms with Crippen molar-refractivity contribution >= 4 is 29.1 Å². The monoisotopic (exact) mass is 458 g/mol. The Balaban J connectivity index is 1.53. The average molecular weight is 459 g/mol. The highest BCUT2D eigenvalue weighted by atomic mass is 35.5. The van der Waals surface area contributed by atoms with Crippen LogP contribution in [0.4, 0.5) is 0 Å². The number of carbonyl (C=O) groups is 1. The number of halogens is 1. The molecule has 4 rings (SSSR count). The Bertz CT molecular complexity index is 1070. The minimum absolute atomic E-state index is 0.129. The number of benzene rings is 1. The number of nitrogens with zero attached hydrogens (tertiary/aromatic N) is 4. The van der Waals surface area contributed by atoms with Gasteiger partial charge in [-0.25, -0.2) is 0 Å². The zero-order chi connectivity index (χ0) is 22.0. The summed E-state index contributed by atoms with van der Waals surface area (Å²) in [6.07, 6.45) is 3.24. The van der Waals surface area contributed by atoms with Crippen molar-refractivity contribution in [2.24, 2.45) is 0 Å². The van der Waals surface area contributed by atoms with Crippen molar-refractivity contribution in [3.63, 3.8) is 0 Å². The predicted octanol–water partition coefficient (Wildman–Crippen LogP) is 5.36. The standard InChI is InChI=1S/C23H27ClN4O2S/c1-15-13-20(16(2)28(15)19-9-10-19)21(29)14-31-23-26-25-22(27(23)11-4-12-30-3)17-5-7-18(24)8-6-17/h5-8,13,19H,4,9-12,14H2,1-3H3. The number of Topliss-reactive ketones (excluding diaryl/α,β-unsaturated/α-hetero) is 1. The summed E-state index contributed by atoms with van der Waals surface area (Å²) < 4.78 is 9.59. The maximum atomic E-state index is 13.0. The lowest BCUT2D eigenvalue weighted by Crippen LogP contribution is -2.08. The molecule has 0 unspecified atom stereocenters. The molecule has 1 aliphatic rings. The Hall–Kier alpha value is -2.09. The van der Waals surface area contributed by atoms with Gasteiger partial charge in [-0.2, -0.15) is 0 Å². The average Bonchev–Trinajstić information content (AvgIpc) is 3.43. The third-order valence-electron chi connectivity index (χ3n) is 5.58. The van der Waals surface area contributed by atoms with E-state index in [2.05, 4.69) is 33.2 Å². The van der Waals surface area contributed by atoms with Gasteiger partial charge in [-0.1, -0.05) is 23.4 Å². The molecule has 31 heavy (non-hydrogen) atoms. The molecule has 0 bridgehead atoms. The third-order valence-corrected chi connectivity index (χ3v) is 6.80. The fourth-order valence-electron chi connectivity index (χ4n) is 3.94. The Morgan fingerprint density at radius 3 is 2.65 bits per heavy atom. The molecule has 1 aromatic carbocycles. The SMILES string of the molecule is COCCCn1c(SCC(=O)c2cc(C)n(C3CC3)c2C)nnc1-c1ccc(Cl)cc1. The van der Waals surface area contributed by atoms with Crippen molar-refractivity contribution in [3.05, 3.63) is 52.3 Å². The van der Waals surface area contributed by atoms with Gasteiger partial charge in [0.25, 0.3) is 0 Å². The largest absolute Gasteiger partial charge is 0.385 e. The molecule has 0 radical (unpaired) electrons. The normalized spacial score (nSPS) is 13.7. The van der Waals surface area contributed by atoms with Crippen LogP contribution in [0, 0.1) is 13.8 Å². The van der Waals surface area contributed by atoms with Gasteiger partial charge >= 0.3 is 0 Å². The first kappa shape index (κ1) is 22.1. The Kier molecular flexibility index (Phi) is 6.84. The summed E-state index contributed by atoms with van der Waals surface area (Å²) in [6, 6.07) is 10.2. The molecule has 1 fully saturated rings. The Morgan fingerprint density at radius 2 is 1.97 bits per heavy atom. The van der Waals surface area contributed by atoms with Crippen LogP contribution in [0.5, 0.6) is 0 Å². The summed E-state index contributed by atoms with van der Waals surface area (Å²) in [6.45, 7) is 5.50. The highest BCUT2D eigenvalue weighted by molar-refractivity contribution is 7.99. The molecule has 0 aliphatic heterocycles. The second-order valence-corrected chi connectivity index (χ2v) is 9.29. The first-order valence-electron chi connectivity index (χ1n) is 10.5. The fourth-order valence-corrected chi connectivity index (χ4v) is 4.91. The van der Waals surface area contributed by atoms with E-state index in [4.69, 9.17) is 16.3 Å². The van der Waals surface area contributed by atoms with Crippen molar-refractivity contribution in [2.75, 3.05) is 19.5 Å². The predicted molar refractivity (Wildman–Crippen MR) is 124 cm³/mol. The van der Waals surface area contributed by atoms with E-state index >= 15 is 0 Å². The van der Waals surface area contributed by atoms with Gasteiger partial charge in [0.1, 0.15) is 0 Å². The van der Waals surface area contributed by atoms with E-state index < -0.39 is 0 Å². The summed E-state index contributed by atoms with van der Waals surface area (Å²) in [5, 5.41) is 10.2. The van der Waals surface area contributed by atoms with Crippen LogP contribution in [0.15, 0.2) is 35.5 Å². The highest BCUT2D eigenvalue weighted by Gasteiger charge is 2.28. The quantitative estimate of drug-likeness (QED) is 0.232. The molecule has 0 saturated heterocycles. The van der Waals surface area contributed by atoms with Gasteiger partial charge < -0.3 is 13.9 Å². The van der Waals surface area contributed by atoms with Crippen LogP contribution in [0.25, 0.3) is 11.4 Å². The summed E-state index contributed by atoms with van der Waals surface area (Å²) in [5.74, 6) is 1.23. The number of carbonyl (C=O) groups excluding carboxylic acids is 1. The van der Waals surface area contributed by atoms with Crippen LogP contribution in [0.3, 0.4) is 0 Å². The van der Waals surface area contributed by atoms with Gasteiger partial charge in [0.2, 0.25) is 0 Å². The zero-order valence-corrected chi connectivity index (χ0v) is 19.7. The molecule has 1 aliphatic carbocycles.